The van der Waals surface area contributed by atoms with Gasteiger partial charge in [-0.05, 0) is 37.5 Å². The van der Waals surface area contributed by atoms with Crippen molar-refractivity contribution in [2.24, 2.45) is 0 Å². The molecule has 1 amide bonds. The molecule has 0 bridgehead atoms. The molecule has 1 heterocycles. The van der Waals surface area contributed by atoms with Crippen molar-refractivity contribution < 1.29 is 4.79 Å². The van der Waals surface area contributed by atoms with Crippen LogP contribution in [-0.2, 0) is 0 Å². The van der Waals surface area contributed by atoms with Gasteiger partial charge in [0.15, 0.2) is 0 Å². The highest BCUT2D eigenvalue weighted by Gasteiger charge is 2.19. The number of carbonyl (C=O) groups excluding carboxylic acids is 1. The largest absolute Gasteiger partial charge is 0.346 e. The standard InChI is InChI=1S/C22H21N3O2/c26-21(16-7-2-1-3-8-16)24-18-10-6-11-19(14-13-18)25-22(27)20-12-5-4-9-17(20)15-23-25/h1-5,7-9,12-15,18-19H,6,10-11H2,(H,24,26)/t18-,19+/m0/s1. The second kappa shape index (κ2) is 7.58. The number of rotatable bonds is 3. The van der Waals surface area contributed by atoms with Gasteiger partial charge in [-0.2, -0.15) is 5.10 Å². The van der Waals surface area contributed by atoms with Crippen LogP contribution in [-0.4, -0.2) is 21.7 Å². The number of carbonyl (C=O) groups is 1. The van der Waals surface area contributed by atoms with Crippen molar-refractivity contribution in [2.75, 3.05) is 0 Å². The normalized spacial score (nSPS) is 19.6. The van der Waals surface area contributed by atoms with Gasteiger partial charge in [0, 0.05) is 17.0 Å². The van der Waals surface area contributed by atoms with E-state index in [1.807, 2.05) is 54.6 Å². The maximum atomic E-state index is 12.8. The number of nitrogens with one attached hydrogen (secondary N) is 1. The molecule has 3 aromatic rings. The van der Waals surface area contributed by atoms with E-state index in [1.54, 1.807) is 23.0 Å². The Kier molecular flexibility index (Phi) is 4.83. The third-order valence-corrected chi connectivity index (χ3v) is 4.97. The number of aromatic nitrogens is 2. The minimum Gasteiger partial charge on any atom is -0.346 e. The smallest absolute Gasteiger partial charge is 0.275 e. The van der Waals surface area contributed by atoms with Gasteiger partial charge in [0.25, 0.3) is 11.5 Å². The van der Waals surface area contributed by atoms with E-state index in [9.17, 15) is 9.59 Å². The van der Waals surface area contributed by atoms with Crippen molar-refractivity contribution in [3.8, 4) is 0 Å². The fourth-order valence-electron chi connectivity index (χ4n) is 3.51. The molecule has 27 heavy (non-hydrogen) atoms. The van der Waals surface area contributed by atoms with Crippen LogP contribution in [0.2, 0.25) is 0 Å². The summed E-state index contributed by atoms with van der Waals surface area (Å²) in [5.41, 5.74) is 0.577. The number of benzene rings is 2. The Morgan fingerprint density at radius 3 is 2.63 bits per heavy atom. The van der Waals surface area contributed by atoms with Crippen molar-refractivity contribution in [1.82, 2.24) is 15.1 Å². The highest BCUT2D eigenvalue weighted by Crippen LogP contribution is 2.21. The fourth-order valence-corrected chi connectivity index (χ4v) is 3.51. The lowest BCUT2D eigenvalue weighted by Crippen LogP contribution is -2.33. The molecule has 1 aromatic heterocycles. The second-order valence-corrected chi connectivity index (χ2v) is 6.81. The van der Waals surface area contributed by atoms with Crippen LogP contribution in [0.25, 0.3) is 10.8 Å². The van der Waals surface area contributed by atoms with Crippen LogP contribution in [0.5, 0.6) is 0 Å². The minimum absolute atomic E-state index is 0.0427. The summed E-state index contributed by atoms with van der Waals surface area (Å²) in [4.78, 5) is 25.1. The van der Waals surface area contributed by atoms with Crippen LogP contribution < -0.4 is 10.9 Å². The lowest BCUT2D eigenvalue weighted by atomic mass is 10.1. The number of nitrogens with zero attached hydrogens (tertiary/aromatic N) is 2. The quantitative estimate of drug-likeness (QED) is 0.728. The first-order valence-electron chi connectivity index (χ1n) is 9.23. The first kappa shape index (κ1) is 17.2. The molecule has 0 spiro atoms. The predicted molar refractivity (Wildman–Crippen MR) is 106 cm³/mol. The zero-order valence-corrected chi connectivity index (χ0v) is 14.9. The molecule has 0 radical (unpaired) electrons. The third-order valence-electron chi connectivity index (χ3n) is 4.97. The Balaban J connectivity index is 1.53. The number of amides is 1. The van der Waals surface area contributed by atoms with Crippen LogP contribution in [0.1, 0.15) is 35.7 Å². The van der Waals surface area contributed by atoms with Crippen LogP contribution in [0.3, 0.4) is 0 Å². The van der Waals surface area contributed by atoms with Crippen molar-refractivity contribution in [1.29, 1.82) is 0 Å². The van der Waals surface area contributed by atoms with E-state index in [4.69, 9.17) is 0 Å². The molecule has 1 aliphatic rings. The Hall–Kier alpha value is -3.21. The molecule has 0 aliphatic heterocycles. The monoisotopic (exact) mass is 359 g/mol. The van der Waals surface area contributed by atoms with E-state index in [0.717, 1.165) is 24.6 Å². The molecule has 1 aliphatic carbocycles. The van der Waals surface area contributed by atoms with Crippen molar-refractivity contribution in [3.63, 3.8) is 0 Å². The molecule has 4 rings (SSSR count). The van der Waals surface area contributed by atoms with Crippen molar-refractivity contribution in [2.45, 2.75) is 31.3 Å². The number of hydrogen-bond donors (Lipinski definition) is 1. The molecule has 2 aromatic carbocycles. The molecule has 5 nitrogen and oxygen atoms in total. The van der Waals surface area contributed by atoms with E-state index in [2.05, 4.69) is 10.4 Å². The predicted octanol–water partition coefficient (Wildman–Crippen LogP) is 3.48. The zero-order valence-electron chi connectivity index (χ0n) is 14.9. The Labute approximate surface area is 157 Å². The highest BCUT2D eigenvalue weighted by atomic mass is 16.1. The second-order valence-electron chi connectivity index (χ2n) is 6.81. The van der Waals surface area contributed by atoms with Gasteiger partial charge in [0.05, 0.1) is 17.6 Å². The molecule has 0 saturated carbocycles. The summed E-state index contributed by atoms with van der Waals surface area (Å²) in [6.45, 7) is 0. The van der Waals surface area contributed by atoms with Crippen LogP contribution in [0, 0.1) is 0 Å². The highest BCUT2D eigenvalue weighted by molar-refractivity contribution is 5.94. The summed E-state index contributed by atoms with van der Waals surface area (Å²) < 4.78 is 1.56. The summed E-state index contributed by atoms with van der Waals surface area (Å²) in [6.07, 6.45) is 8.28. The number of allylic oxidation sites excluding steroid dienone is 1. The van der Waals surface area contributed by atoms with Gasteiger partial charge in [-0.3, -0.25) is 9.59 Å². The van der Waals surface area contributed by atoms with Gasteiger partial charge < -0.3 is 5.32 Å². The lowest BCUT2D eigenvalue weighted by molar-refractivity contribution is 0.0943. The molecular formula is C22H21N3O2. The average molecular weight is 359 g/mol. The summed E-state index contributed by atoms with van der Waals surface area (Å²) in [5.74, 6) is -0.0790. The van der Waals surface area contributed by atoms with E-state index in [0.29, 0.717) is 10.9 Å². The summed E-state index contributed by atoms with van der Waals surface area (Å²) >= 11 is 0. The van der Waals surface area contributed by atoms with Crippen molar-refractivity contribution in [3.05, 3.63) is 88.9 Å². The Morgan fingerprint density at radius 2 is 1.78 bits per heavy atom. The SMILES string of the molecule is O=C(N[C@@H]1C=C[C@H](n2ncc3ccccc3c2=O)CCC1)c1ccccc1. The Bertz CT molecular complexity index is 1040. The minimum atomic E-state index is -0.0965. The van der Waals surface area contributed by atoms with Gasteiger partial charge in [0.2, 0.25) is 0 Å². The van der Waals surface area contributed by atoms with E-state index >= 15 is 0 Å². The van der Waals surface area contributed by atoms with Gasteiger partial charge in [-0.15, -0.1) is 0 Å². The van der Waals surface area contributed by atoms with Crippen LogP contribution in [0.4, 0.5) is 0 Å². The van der Waals surface area contributed by atoms with Crippen LogP contribution in [0.15, 0.2) is 77.7 Å². The first-order chi connectivity index (χ1) is 13.2. The van der Waals surface area contributed by atoms with Gasteiger partial charge in [0.1, 0.15) is 0 Å². The van der Waals surface area contributed by atoms with E-state index in [-0.39, 0.29) is 23.6 Å². The summed E-state index contributed by atoms with van der Waals surface area (Å²) in [5, 5.41) is 8.96. The molecular weight excluding hydrogens is 338 g/mol. The average Bonchev–Trinajstić information content (AvgIpc) is 2.95. The van der Waals surface area contributed by atoms with Gasteiger partial charge in [-0.25, -0.2) is 4.68 Å². The fraction of sp³-hybridized carbons (Fsp3) is 0.227. The lowest BCUT2D eigenvalue weighted by Gasteiger charge is -2.13. The maximum Gasteiger partial charge on any atom is 0.275 e. The molecule has 0 fully saturated rings. The molecule has 0 unspecified atom stereocenters. The van der Waals surface area contributed by atoms with Gasteiger partial charge in [-0.1, -0.05) is 48.6 Å². The summed E-state index contributed by atoms with van der Waals surface area (Å²) in [7, 11) is 0. The zero-order chi connectivity index (χ0) is 18.6. The number of fused-ring (bicyclic) bond motifs is 1. The third kappa shape index (κ3) is 3.67. The topological polar surface area (TPSA) is 64.0 Å². The first-order valence-corrected chi connectivity index (χ1v) is 9.23. The molecule has 5 heteroatoms. The van der Waals surface area contributed by atoms with Crippen molar-refractivity contribution >= 4 is 16.7 Å². The van der Waals surface area contributed by atoms with Crippen LogP contribution >= 0.6 is 0 Å². The summed E-state index contributed by atoms with van der Waals surface area (Å²) in [6, 6.07) is 16.6. The molecule has 136 valence electrons. The molecule has 2 atom stereocenters. The van der Waals surface area contributed by atoms with Gasteiger partial charge >= 0.3 is 0 Å². The van der Waals surface area contributed by atoms with E-state index < -0.39 is 0 Å². The van der Waals surface area contributed by atoms with E-state index in [1.165, 1.54) is 0 Å². The Morgan fingerprint density at radius 1 is 1.00 bits per heavy atom. The maximum absolute atomic E-state index is 12.8. The molecule has 1 N–H and O–H groups in total. The molecule has 0 saturated heterocycles. The number of hydrogen-bond acceptors (Lipinski definition) is 3.